The average molecular weight is 351 g/mol. The van der Waals surface area contributed by atoms with Crippen LogP contribution in [0.25, 0.3) is 0 Å². The van der Waals surface area contributed by atoms with Crippen molar-refractivity contribution in [2.45, 2.75) is 63.1 Å². The van der Waals surface area contributed by atoms with Crippen molar-refractivity contribution in [3.63, 3.8) is 0 Å². The molecule has 0 saturated carbocycles. The molecule has 0 radical (unpaired) electrons. The SMILES string of the molecule is CCCCCCCCCC(Br)c1cc(F)c(F)cc1F. The standard InChI is InChI=1S/C16H22BrF3/c1-2-3-4-5-6-7-8-9-13(17)12-10-15(19)16(20)11-14(12)18/h10-11,13H,2-9H2,1H3. The van der Waals surface area contributed by atoms with Gasteiger partial charge in [0.25, 0.3) is 0 Å². The maximum atomic E-state index is 13.6. The summed E-state index contributed by atoms with van der Waals surface area (Å²) in [6.07, 6.45) is 8.99. The van der Waals surface area contributed by atoms with E-state index in [1.165, 1.54) is 32.1 Å². The predicted octanol–water partition coefficient (Wildman–Crippen LogP) is 6.68. The highest BCUT2D eigenvalue weighted by Crippen LogP contribution is 2.31. The van der Waals surface area contributed by atoms with E-state index in [9.17, 15) is 13.2 Å². The van der Waals surface area contributed by atoms with Crippen LogP contribution in [0.4, 0.5) is 13.2 Å². The number of rotatable bonds is 9. The van der Waals surface area contributed by atoms with Gasteiger partial charge in [-0.25, -0.2) is 13.2 Å². The van der Waals surface area contributed by atoms with Gasteiger partial charge in [0.15, 0.2) is 11.6 Å². The van der Waals surface area contributed by atoms with E-state index >= 15 is 0 Å². The molecule has 0 heterocycles. The second-order valence-electron chi connectivity index (χ2n) is 5.17. The van der Waals surface area contributed by atoms with Crippen LogP contribution >= 0.6 is 15.9 Å². The second-order valence-corrected chi connectivity index (χ2v) is 6.27. The van der Waals surface area contributed by atoms with Crippen LogP contribution in [0.3, 0.4) is 0 Å². The molecule has 1 atom stereocenters. The molecule has 1 aromatic carbocycles. The van der Waals surface area contributed by atoms with Crippen LogP contribution in [0, 0.1) is 17.5 Å². The lowest BCUT2D eigenvalue weighted by Gasteiger charge is -2.11. The molecule has 0 N–H and O–H groups in total. The Labute approximate surface area is 127 Å². The third kappa shape index (κ3) is 5.86. The molecular formula is C16H22BrF3. The van der Waals surface area contributed by atoms with E-state index in [1.807, 2.05) is 0 Å². The molecule has 114 valence electrons. The molecule has 1 unspecified atom stereocenters. The number of halogens is 4. The van der Waals surface area contributed by atoms with Gasteiger partial charge >= 0.3 is 0 Å². The summed E-state index contributed by atoms with van der Waals surface area (Å²) in [5, 5.41) is 0. The second kappa shape index (κ2) is 9.43. The molecule has 0 nitrogen and oxygen atoms in total. The van der Waals surface area contributed by atoms with Gasteiger partial charge in [0.2, 0.25) is 0 Å². The highest BCUT2D eigenvalue weighted by molar-refractivity contribution is 9.09. The first-order valence-corrected chi connectivity index (χ1v) is 8.26. The normalized spacial score (nSPS) is 12.7. The van der Waals surface area contributed by atoms with Gasteiger partial charge in [-0.05, 0) is 12.5 Å². The molecule has 0 amide bonds. The molecule has 1 aromatic rings. The highest BCUT2D eigenvalue weighted by Gasteiger charge is 2.16. The van der Waals surface area contributed by atoms with Gasteiger partial charge in [0, 0.05) is 16.5 Å². The lowest BCUT2D eigenvalue weighted by atomic mass is 10.0. The van der Waals surface area contributed by atoms with E-state index in [2.05, 4.69) is 22.9 Å². The Morgan fingerprint density at radius 3 is 2.05 bits per heavy atom. The lowest BCUT2D eigenvalue weighted by Crippen LogP contribution is -1.98. The maximum Gasteiger partial charge on any atom is 0.161 e. The van der Waals surface area contributed by atoms with Crippen molar-refractivity contribution < 1.29 is 13.2 Å². The topological polar surface area (TPSA) is 0 Å². The zero-order chi connectivity index (χ0) is 15.0. The number of benzene rings is 1. The summed E-state index contributed by atoms with van der Waals surface area (Å²) in [5.41, 5.74) is 0.204. The van der Waals surface area contributed by atoms with Crippen LogP contribution in [-0.4, -0.2) is 0 Å². The van der Waals surface area contributed by atoms with Gasteiger partial charge in [-0.1, -0.05) is 67.8 Å². The quantitative estimate of drug-likeness (QED) is 0.264. The van der Waals surface area contributed by atoms with Crippen LogP contribution < -0.4 is 0 Å². The van der Waals surface area contributed by atoms with E-state index < -0.39 is 17.5 Å². The van der Waals surface area contributed by atoms with Gasteiger partial charge in [0.05, 0.1) is 0 Å². The average Bonchev–Trinajstić information content (AvgIpc) is 2.41. The fourth-order valence-electron chi connectivity index (χ4n) is 2.21. The zero-order valence-corrected chi connectivity index (χ0v) is 13.5. The lowest BCUT2D eigenvalue weighted by molar-refractivity contribution is 0.487. The molecule has 4 heteroatoms. The fraction of sp³-hybridized carbons (Fsp3) is 0.625. The third-order valence-electron chi connectivity index (χ3n) is 3.44. The molecule has 0 aliphatic heterocycles. The van der Waals surface area contributed by atoms with Gasteiger partial charge in [-0.3, -0.25) is 0 Å². The van der Waals surface area contributed by atoms with Crippen LogP contribution in [-0.2, 0) is 0 Å². The molecule has 0 saturated heterocycles. The molecule has 20 heavy (non-hydrogen) atoms. The number of unbranched alkanes of at least 4 members (excludes halogenated alkanes) is 6. The number of hydrogen-bond acceptors (Lipinski definition) is 0. The van der Waals surface area contributed by atoms with Gasteiger partial charge in [-0.2, -0.15) is 0 Å². The Kier molecular flexibility index (Phi) is 8.27. The van der Waals surface area contributed by atoms with Gasteiger partial charge < -0.3 is 0 Å². The Morgan fingerprint density at radius 2 is 1.40 bits per heavy atom. The maximum absolute atomic E-state index is 13.6. The van der Waals surface area contributed by atoms with E-state index in [1.54, 1.807) is 0 Å². The van der Waals surface area contributed by atoms with Gasteiger partial charge in [0.1, 0.15) is 5.82 Å². The summed E-state index contributed by atoms with van der Waals surface area (Å²) >= 11 is 3.36. The Morgan fingerprint density at radius 1 is 0.850 bits per heavy atom. The smallest absolute Gasteiger partial charge is 0.161 e. The Bertz CT molecular complexity index is 407. The van der Waals surface area contributed by atoms with Crippen molar-refractivity contribution in [1.29, 1.82) is 0 Å². The Hall–Kier alpha value is -0.510. The van der Waals surface area contributed by atoms with Crippen molar-refractivity contribution in [1.82, 2.24) is 0 Å². The van der Waals surface area contributed by atoms with Crippen molar-refractivity contribution in [3.8, 4) is 0 Å². The highest BCUT2D eigenvalue weighted by atomic mass is 79.9. The van der Waals surface area contributed by atoms with Crippen molar-refractivity contribution >= 4 is 15.9 Å². The van der Waals surface area contributed by atoms with E-state index in [0.29, 0.717) is 6.07 Å². The summed E-state index contributed by atoms with van der Waals surface area (Å²) in [5.74, 6) is -2.82. The third-order valence-corrected chi connectivity index (χ3v) is 4.39. The Balaban J connectivity index is 2.32. The van der Waals surface area contributed by atoms with E-state index in [-0.39, 0.29) is 10.4 Å². The fourth-order valence-corrected chi connectivity index (χ4v) is 2.89. The number of alkyl halides is 1. The molecule has 0 fully saturated rings. The first-order chi connectivity index (χ1) is 9.56. The van der Waals surface area contributed by atoms with Crippen LogP contribution in [0.2, 0.25) is 0 Å². The van der Waals surface area contributed by atoms with Crippen LogP contribution in [0.15, 0.2) is 12.1 Å². The van der Waals surface area contributed by atoms with Crippen LogP contribution in [0.5, 0.6) is 0 Å². The zero-order valence-electron chi connectivity index (χ0n) is 11.9. The monoisotopic (exact) mass is 350 g/mol. The first-order valence-electron chi connectivity index (χ1n) is 7.34. The minimum absolute atomic E-state index is 0.204. The molecule has 0 spiro atoms. The predicted molar refractivity (Wildman–Crippen MR) is 80.6 cm³/mol. The molecule has 0 aromatic heterocycles. The largest absolute Gasteiger partial charge is 0.207 e. The van der Waals surface area contributed by atoms with Crippen molar-refractivity contribution in [2.75, 3.05) is 0 Å². The van der Waals surface area contributed by atoms with E-state index in [4.69, 9.17) is 0 Å². The molecule has 0 aliphatic rings. The first kappa shape index (κ1) is 17.5. The minimum atomic E-state index is -1.14. The summed E-state index contributed by atoms with van der Waals surface area (Å²) in [6.45, 7) is 2.19. The molecule has 0 aliphatic carbocycles. The molecule has 1 rings (SSSR count). The van der Waals surface area contributed by atoms with Crippen molar-refractivity contribution in [3.05, 3.63) is 35.1 Å². The molecule has 0 bridgehead atoms. The van der Waals surface area contributed by atoms with Gasteiger partial charge in [-0.15, -0.1) is 0 Å². The van der Waals surface area contributed by atoms with E-state index in [0.717, 1.165) is 25.3 Å². The summed E-state index contributed by atoms with van der Waals surface area (Å²) in [6, 6.07) is 1.56. The summed E-state index contributed by atoms with van der Waals surface area (Å²) in [7, 11) is 0. The summed E-state index contributed by atoms with van der Waals surface area (Å²) < 4.78 is 39.5. The van der Waals surface area contributed by atoms with Crippen LogP contribution in [0.1, 0.15) is 68.7 Å². The summed E-state index contributed by atoms with van der Waals surface area (Å²) in [4.78, 5) is -0.256. The minimum Gasteiger partial charge on any atom is -0.207 e. The molecular weight excluding hydrogens is 329 g/mol. The van der Waals surface area contributed by atoms with Crippen molar-refractivity contribution in [2.24, 2.45) is 0 Å². The number of hydrogen-bond donors (Lipinski definition) is 0.